The van der Waals surface area contributed by atoms with Gasteiger partial charge in [-0.05, 0) is 18.4 Å². The number of carbonyl (C=O) groups is 1. The van der Waals surface area contributed by atoms with Gasteiger partial charge in [-0.15, -0.1) is 11.8 Å². The first-order valence-corrected chi connectivity index (χ1v) is 6.14. The van der Waals surface area contributed by atoms with Gasteiger partial charge in [0.25, 0.3) is 0 Å². The zero-order valence-corrected chi connectivity index (χ0v) is 10.3. The van der Waals surface area contributed by atoms with Crippen LogP contribution in [0.5, 0.6) is 0 Å². The van der Waals surface area contributed by atoms with E-state index < -0.39 is 0 Å². The minimum Gasteiger partial charge on any atom is -0.294 e. The van der Waals surface area contributed by atoms with E-state index in [-0.39, 0.29) is 5.78 Å². The van der Waals surface area contributed by atoms with Gasteiger partial charge in [0.15, 0.2) is 5.78 Å². The van der Waals surface area contributed by atoms with Gasteiger partial charge in [0.05, 0.1) is 10.0 Å². The quantitative estimate of drug-likeness (QED) is 0.586. The zero-order valence-electron chi connectivity index (χ0n) is 7.93. The number of benzene rings is 1. The lowest BCUT2D eigenvalue weighted by Gasteiger charge is -2.06. The fraction of sp³-hybridized carbons (Fsp3) is 0.300. The van der Waals surface area contributed by atoms with Crippen molar-refractivity contribution in [2.75, 3.05) is 6.26 Å². The molecule has 0 saturated heterocycles. The lowest BCUT2D eigenvalue weighted by Crippen LogP contribution is -1.97. The molecule has 0 unspecified atom stereocenters. The summed E-state index contributed by atoms with van der Waals surface area (Å²) in [6.45, 7) is 1.80. The van der Waals surface area contributed by atoms with Crippen molar-refractivity contribution in [1.29, 1.82) is 0 Å². The topological polar surface area (TPSA) is 17.1 Å². The Morgan fingerprint density at radius 1 is 1.36 bits per heavy atom. The second kappa shape index (κ2) is 5.06. The highest BCUT2D eigenvalue weighted by molar-refractivity contribution is 7.98. The molecule has 14 heavy (non-hydrogen) atoms. The first-order valence-electron chi connectivity index (χ1n) is 4.16. The molecule has 0 atom stereocenters. The molecule has 1 aromatic rings. The third-order valence-electron chi connectivity index (χ3n) is 1.86. The van der Waals surface area contributed by atoms with Crippen molar-refractivity contribution in [3.63, 3.8) is 0 Å². The van der Waals surface area contributed by atoms with E-state index in [9.17, 15) is 4.79 Å². The molecule has 4 heteroatoms. The Bertz CT molecular complexity index is 363. The minimum absolute atomic E-state index is 0.0181. The molecular formula is C10H10Cl2OS. The number of rotatable bonds is 3. The van der Waals surface area contributed by atoms with Crippen molar-refractivity contribution in [2.24, 2.45) is 0 Å². The number of thioether (sulfide) groups is 1. The van der Waals surface area contributed by atoms with Crippen LogP contribution in [-0.2, 0) is 0 Å². The lowest BCUT2D eigenvalue weighted by atomic mass is 10.1. The number of halogens is 2. The highest BCUT2D eigenvalue weighted by atomic mass is 35.5. The molecule has 0 aliphatic heterocycles. The van der Waals surface area contributed by atoms with Gasteiger partial charge in [0.1, 0.15) is 0 Å². The summed E-state index contributed by atoms with van der Waals surface area (Å²) < 4.78 is 0. The number of hydrogen-bond donors (Lipinski definition) is 0. The molecule has 1 aromatic carbocycles. The highest BCUT2D eigenvalue weighted by Crippen LogP contribution is 2.31. The van der Waals surface area contributed by atoms with Gasteiger partial charge in [-0.3, -0.25) is 4.79 Å². The molecule has 0 bridgehead atoms. The fourth-order valence-corrected chi connectivity index (χ4v) is 2.31. The molecule has 0 spiro atoms. The molecule has 0 radical (unpaired) electrons. The van der Waals surface area contributed by atoms with E-state index >= 15 is 0 Å². The molecule has 1 rings (SSSR count). The molecule has 0 aliphatic carbocycles. The molecule has 1 nitrogen and oxygen atoms in total. The van der Waals surface area contributed by atoms with E-state index in [0.29, 0.717) is 22.0 Å². The molecule has 76 valence electrons. The van der Waals surface area contributed by atoms with Crippen LogP contribution in [0.2, 0.25) is 10.0 Å². The van der Waals surface area contributed by atoms with Crippen LogP contribution in [0, 0.1) is 0 Å². The Morgan fingerprint density at radius 2 is 2.00 bits per heavy atom. The van der Waals surface area contributed by atoms with Crippen LogP contribution < -0.4 is 0 Å². The van der Waals surface area contributed by atoms with Gasteiger partial charge in [-0.25, -0.2) is 0 Å². The van der Waals surface area contributed by atoms with Crippen LogP contribution in [0.15, 0.2) is 17.0 Å². The summed E-state index contributed by atoms with van der Waals surface area (Å²) in [6.07, 6.45) is 2.35. The van der Waals surface area contributed by atoms with E-state index in [4.69, 9.17) is 23.2 Å². The average molecular weight is 249 g/mol. The third kappa shape index (κ3) is 2.44. The summed E-state index contributed by atoms with van der Waals surface area (Å²) >= 11 is 13.4. The SMILES string of the molecule is CCC(=O)c1cc(Cl)c(SC)cc1Cl. The summed E-state index contributed by atoms with van der Waals surface area (Å²) in [5.41, 5.74) is 0.511. The Morgan fingerprint density at radius 3 is 2.50 bits per heavy atom. The first-order chi connectivity index (χ1) is 6.60. The summed E-state index contributed by atoms with van der Waals surface area (Å²) in [5, 5.41) is 1.06. The summed E-state index contributed by atoms with van der Waals surface area (Å²) in [6, 6.07) is 3.37. The van der Waals surface area contributed by atoms with Gasteiger partial charge in [-0.1, -0.05) is 30.1 Å². The second-order valence-electron chi connectivity index (χ2n) is 2.74. The molecule has 0 aromatic heterocycles. The standard InChI is InChI=1S/C10H10Cl2OS/c1-3-9(13)6-4-8(12)10(14-2)5-7(6)11/h4-5H,3H2,1-2H3. The minimum atomic E-state index is 0.0181. The largest absolute Gasteiger partial charge is 0.294 e. The third-order valence-corrected chi connectivity index (χ3v) is 3.38. The van der Waals surface area contributed by atoms with Crippen molar-refractivity contribution in [2.45, 2.75) is 18.2 Å². The van der Waals surface area contributed by atoms with E-state index in [0.717, 1.165) is 4.90 Å². The van der Waals surface area contributed by atoms with Gasteiger partial charge in [0.2, 0.25) is 0 Å². The molecule has 0 N–H and O–H groups in total. The fourth-order valence-electron chi connectivity index (χ4n) is 1.09. The van der Waals surface area contributed by atoms with Gasteiger partial charge in [-0.2, -0.15) is 0 Å². The van der Waals surface area contributed by atoms with Crippen molar-refractivity contribution in [3.8, 4) is 0 Å². The van der Waals surface area contributed by atoms with Crippen LogP contribution >= 0.6 is 35.0 Å². The summed E-state index contributed by atoms with van der Waals surface area (Å²) in [7, 11) is 0. The zero-order chi connectivity index (χ0) is 10.7. The Kier molecular flexibility index (Phi) is 4.30. The maximum Gasteiger partial charge on any atom is 0.164 e. The van der Waals surface area contributed by atoms with Gasteiger partial charge >= 0.3 is 0 Å². The summed E-state index contributed by atoms with van der Waals surface area (Å²) in [4.78, 5) is 12.3. The highest BCUT2D eigenvalue weighted by Gasteiger charge is 2.11. The normalized spacial score (nSPS) is 10.3. The van der Waals surface area contributed by atoms with Crippen LogP contribution in [-0.4, -0.2) is 12.0 Å². The Balaban J connectivity index is 3.21. The smallest absolute Gasteiger partial charge is 0.164 e. The number of hydrogen-bond acceptors (Lipinski definition) is 2. The molecule has 0 fully saturated rings. The molecule has 0 heterocycles. The maximum atomic E-state index is 11.4. The van der Waals surface area contributed by atoms with Crippen LogP contribution in [0.3, 0.4) is 0 Å². The molecule has 0 amide bonds. The van der Waals surface area contributed by atoms with Crippen molar-refractivity contribution < 1.29 is 4.79 Å². The number of carbonyl (C=O) groups excluding carboxylic acids is 1. The lowest BCUT2D eigenvalue weighted by molar-refractivity contribution is 0.0988. The number of ketones is 1. The maximum absolute atomic E-state index is 11.4. The summed E-state index contributed by atoms with van der Waals surface area (Å²) in [5.74, 6) is 0.0181. The predicted molar refractivity (Wildman–Crippen MR) is 62.9 cm³/mol. The average Bonchev–Trinajstić information content (AvgIpc) is 2.19. The van der Waals surface area contributed by atoms with Gasteiger partial charge < -0.3 is 0 Å². The van der Waals surface area contributed by atoms with Crippen LogP contribution in [0.4, 0.5) is 0 Å². The number of Topliss-reactive ketones (excluding diaryl/α,β-unsaturated/α-hetero) is 1. The van der Waals surface area contributed by atoms with Crippen LogP contribution in [0.1, 0.15) is 23.7 Å². The Hall–Kier alpha value is -0.180. The monoisotopic (exact) mass is 248 g/mol. The van der Waals surface area contributed by atoms with E-state index in [1.165, 1.54) is 11.8 Å². The van der Waals surface area contributed by atoms with Crippen molar-refractivity contribution in [3.05, 3.63) is 27.7 Å². The van der Waals surface area contributed by atoms with E-state index in [1.54, 1.807) is 19.1 Å². The molecular weight excluding hydrogens is 239 g/mol. The van der Waals surface area contributed by atoms with Crippen LogP contribution in [0.25, 0.3) is 0 Å². The van der Waals surface area contributed by atoms with E-state index in [2.05, 4.69) is 0 Å². The van der Waals surface area contributed by atoms with Crippen molar-refractivity contribution in [1.82, 2.24) is 0 Å². The Labute approximate surface area is 97.8 Å². The van der Waals surface area contributed by atoms with E-state index in [1.807, 2.05) is 6.26 Å². The second-order valence-corrected chi connectivity index (χ2v) is 4.41. The predicted octanol–water partition coefficient (Wildman–Crippen LogP) is 4.31. The molecule has 0 saturated carbocycles. The molecule has 0 aliphatic rings. The first kappa shape index (κ1) is 11.9. The van der Waals surface area contributed by atoms with Gasteiger partial charge in [0, 0.05) is 16.9 Å². The van der Waals surface area contributed by atoms with Crippen molar-refractivity contribution >= 4 is 40.7 Å².